The lowest BCUT2D eigenvalue weighted by Gasteiger charge is -2.11. The van der Waals surface area contributed by atoms with Crippen LogP contribution in [-0.2, 0) is 11.3 Å². The molecule has 3 rings (SSSR count). The van der Waals surface area contributed by atoms with E-state index in [1.54, 1.807) is 19.1 Å². The zero-order valence-corrected chi connectivity index (χ0v) is 12.0. The first-order chi connectivity index (χ1) is 9.61. The third-order valence-electron chi connectivity index (χ3n) is 3.31. The Morgan fingerprint density at radius 3 is 3.05 bits per heavy atom. The maximum absolute atomic E-state index is 12.0. The lowest BCUT2D eigenvalue weighted by atomic mass is 10.1. The zero-order chi connectivity index (χ0) is 14.3. The van der Waals surface area contributed by atoms with Gasteiger partial charge in [-0.25, -0.2) is 4.79 Å². The smallest absolute Gasteiger partial charge is 0.374 e. The molecule has 20 heavy (non-hydrogen) atoms. The van der Waals surface area contributed by atoms with Crippen molar-refractivity contribution in [1.82, 2.24) is 4.90 Å². The van der Waals surface area contributed by atoms with Gasteiger partial charge in [0.05, 0.1) is 6.61 Å². The molecule has 2 heterocycles. The lowest BCUT2D eigenvalue weighted by molar-refractivity contribution is 0.0490. The van der Waals surface area contributed by atoms with E-state index in [0.717, 1.165) is 16.5 Å². The summed E-state index contributed by atoms with van der Waals surface area (Å²) in [5, 5.41) is 1.53. The number of esters is 1. The van der Waals surface area contributed by atoms with Crippen molar-refractivity contribution >= 4 is 34.6 Å². The van der Waals surface area contributed by atoms with Gasteiger partial charge in [0.25, 0.3) is 0 Å². The van der Waals surface area contributed by atoms with Gasteiger partial charge in [0.1, 0.15) is 5.58 Å². The Labute approximate surface area is 121 Å². The van der Waals surface area contributed by atoms with Gasteiger partial charge < -0.3 is 14.1 Å². The van der Waals surface area contributed by atoms with E-state index in [-0.39, 0.29) is 5.76 Å². The van der Waals surface area contributed by atoms with E-state index in [2.05, 4.69) is 0 Å². The van der Waals surface area contributed by atoms with Gasteiger partial charge in [0.15, 0.2) is 0 Å². The third kappa shape index (κ3) is 1.96. The molecule has 0 saturated carbocycles. The highest BCUT2D eigenvalue weighted by Crippen LogP contribution is 2.36. The van der Waals surface area contributed by atoms with Crippen LogP contribution >= 0.6 is 11.6 Å². The van der Waals surface area contributed by atoms with E-state index in [4.69, 9.17) is 20.8 Å². The van der Waals surface area contributed by atoms with Crippen molar-refractivity contribution < 1.29 is 13.9 Å². The fraction of sp³-hybridized carbons (Fsp3) is 0.267. The number of carbonyl (C=O) groups excluding carboxylic acids is 1. The van der Waals surface area contributed by atoms with Gasteiger partial charge in [-0.1, -0.05) is 11.6 Å². The minimum atomic E-state index is -0.434. The third-order valence-corrected chi connectivity index (χ3v) is 3.64. The Hall–Kier alpha value is -1.94. The number of benzene rings is 1. The SMILES string of the molecule is CCOC(=O)c1oc2ccc(Cl)c3c2c1CN(C)C=C3. The molecule has 0 unspecified atom stereocenters. The number of nitrogens with zero attached hydrogens (tertiary/aromatic N) is 1. The number of hydrogen-bond donors (Lipinski definition) is 0. The predicted molar refractivity (Wildman–Crippen MR) is 77.7 cm³/mol. The van der Waals surface area contributed by atoms with Crippen molar-refractivity contribution in [3.8, 4) is 0 Å². The summed E-state index contributed by atoms with van der Waals surface area (Å²) in [5.41, 5.74) is 2.36. The van der Waals surface area contributed by atoms with Crippen molar-refractivity contribution in [2.45, 2.75) is 13.5 Å². The van der Waals surface area contributed by atoms with Crippen LogP contribution in [0.3, 0.4) is 0 Å². The monoisotopic (exact) mass is 291 g/mol. The molecule has 1 aromatic carbocycles. The number of rotatable bonds is 2. The van der Waals surface area contributed by atoms with Crippen LogP contribution in [-0.4, -0.2) is 24.5 Å². The maximum atomic E-state index is 12.0. The van der Waals surface area contributed by atoms with Crippen molar-refractivity contribution in [1.29, 1.82) is 0 Å². The van der Waals surface area contributed by atoms with Crippen molar-refractivity contribution in [2.24, 2.45) is 0 Å². The van der Waals surface area contributed by atoms with Gasteiger partial charge in [-0.3, -0.25) is 0 Å². The second-order valence-electron chi connectivity index (χ2n) is 4.70. The summed E-state index contributed by atoms with van der Waals surface area (Å²) in [7, 11) is 1.93. The first-order valence-electron chi connectivity index (χ1n) is 6.41. The van der Waals surface area contributed by atoms with Crippen LogP contribution < -0.4 is 0 Å². The maximum Gasteiger partial charge on any atom is 0.374 e. The Morgan fingerprint density at radius 2 is 2.30 bits per heavy atom. The molecule has 0 fully saturated rings. The Morgan fingerprint density at radius 1 is 1.50 bits per heavy atom. The molecule has 5 heteroatoms. The highest BCUT2D eigenvalue weighted by Gasteiger charge is 2.25. The Kier molecular flexibility index (Phi) is 3.18. The van der Waals surface area contributed by atoms with Gasteiger partial charge in [0.2, 0.25) is 5.76 Å². The van der Waals surface area contributed by atoms with E-state index in [1.807, 2.05) is 24.2 Å². The molecule has 0 N–H and O–H groups in total. The highest BCUT2D eigenvalue weighted by atomic mass is 35.5. The summed E-state index contributed by atoms with van der Waals surface area (Å²) in [6.45, 7) is 2.66. The highest BCUT2D eigenvalue weighted by molar-refractivity contribution is 6.33. The van der Waals surface area contributed by atoms with Crippen LogP contribution in [0.5, 0.6) is 0 Å². The van der Waals surface area contributed by atoms with Crippen molar-refractivity contribution in [2.75, 3.05) is 13.7 Å². The zero-order valence-electron chi connectivity index (χ0n) is 11.3. The standard InChI is InChI=1S/C15H14ClNO3/c1-3-19-15(18)14-10-8-17(2)7-6-9-11(16)4-5-12(20-14)13(9)10/h4-7H,3,8H2,1-2H3. The minimum Gasteiger partial charge on any atom is -0.460 e. The number of ether oxygens (including phenoxy) is 1. The topological polar surface area (TPSA) is 42.7 Å². The second kappa shape index (κ2) is 4.87. The minimum absolute atomic E-state index is 0.265. The predicted octanol–water partition coefficient (Wildman–Crippen LogP) is 3.68. The molecule has 2 aromatic rings. The van der Waals surface area contributed by atoms with Gasteiger partial charge in [-0.2, -0.15) is 0 Å². The van der Waals surface area contributed by atoms with Gasteiger partial charge >= 0.3 is 5.97 Å². The molecule has 0 spiro atoms. The summed E-state index contributed by atoms with van der Waals surface area (Å²) in [6.07, 6.45) is 3.88. The van der Waals surface area contributed by atoms with E-state index in [9.17, 15) is 4.79 Å². The first-order valence-corrected chi connectivity index (χ1v) is 6.79. The van der Waals surface area contributed by atoms with Crippen LogP contribution in [0.4, 0.5) is 0 Å². The van der Waals surface area contributed by atoms with Crippen LogP contribution in [0.25, 0.3) is 17.0 Å². The molecule has 0 atom stereocenters. The summed E-state index contributed by atoms with van der Waals surface area (Å²) in [4.78, 5) is 14.0. The van der Waals surface area contributed by atoms with Crippen LogP contribution in [0.1, 0.15) is 28.6 Å². The first kappa shape index (κ1) is 13.1. The van der Waals surface area contributed by atoms with E-state index in [1.165, 1.54) is 0 Å². The quantitative estimate of drug-likeness (QED) is 0.792. The van der Waals surface area contributed by atoms with E-state index in [0.29, 0.717) is 23.8 Å². The molecular weight excluding hydrogens is 278 g/mol. The Balaban J connectivity index is 2.29. The largest absolute Gasteiger partial charge is 0.460 e. The molecule has 4 nitrogen and oxygen atoms in total. The number of furan rings is 1. The molecule has 0 aliphatic carbocycles. The summed E-state index contributed by atoms with van der Waals surface area (Å²) in [5.74, 6) is -0.169. The van der Waals surface area contributed by atoms with Crippen molar-refractivity contribution in [3.63, 3.8) is 0 Å². The van der Waals surface area contributed by atoms with Crippen LogP contribution in [0.2, 0.25) is 5.02 Å². The van der Waals surface area contributed by atoms with Crippen LogP contribution in [0, 0.1) is 0 Å². The summed E-state index contributed by atoms with van der Waals surface area (Å²) < 4.78 is 10.8. The van der Waals surface area contributed by atoms with Gasteiger partial charge in [0, 0.05) is 35.1 Å². The molecule has 0 radical (unpaired) electrons. The molecule has 104 valence electrons. The number of carbonyl (C=O) groups is 1. The number of hydrogen-bond acceptors (Lipinski definition) is 4. The molecule has 1 aliphatic heterocycles. The molecule has 1 aliphatic rings. The second-order valence-corrected chi connectivity index (χ2v) is 5.10. The fourth-order valence-corrected chi connectivity index (χ4v) is 2.66. The lowest BCUT2D eigenvalue weighted by Crippen LogP contribution is -2.12. The molecule has 0 bridgehead atoms. The Bertz CT molecular complexity index is 717. The fourth-order valence-electron chi connectivity index (χ4n) is 2.43. The molecule has 0 amide bonds. The van der Waals surface area contributed by atoms with E-state index >= 15 is 0 Å². The summed E-state index contributed by atoms with van der Waals surface area (Å²) in [6, 6.07) is 3.56. The van der Waals surface area contributed by atoms with E-state index < -0.39 is 5.97 Å². The molecule has 1 aromatic heterocycles. The molecular formula is C15H14ClNO3. The molecule has 0 saturated heterocycles. The average Bonchev–Trinajstić information content (AvgIpc) is 2.67. The normalized spacial score (nSPS) is 13.7. The number of halogens is 1. The van der Waals surface area contributed by atoms with Gasteiger partial charge in [-0.15, -0.1) is 0 Å². The average molecular weight is 292 g/mol. The summed E-state index contributed by atoms with van der Waals surface area (Å²) >= 11 is 6.25. The van der Waals surface area contributed by atoms with Gasteiger partial charge in [-0.05, 0) is 31.3 Å². The van der Waals surface area contributed by atoms with Crippen LogP contribution in [0.15, 0.2) is 22.7 Å². The van der Waals surface area contributed by atoms with Crippen molar-refractivity contribution in [3.05, 3.63) is 40.2 Å².